The highest BCUT2D eigenvalue weighted by Gasteiger charge is 2.23. The van der Waals surface area contributed by atoms with Crippen LogP contribution in [0.2, 0.25) is 0 Å². The van der Waals surface area contributed by atoms with E-state index in [0.717, 1.165) is 5.56 Å². The fourth-order valence-corrected chi connectivity index (χ4v) is 3.29. The van der Waals surface area contributed by atoms with Crippen LogP contribution in [0, 0.1) is 6.92 Å². The molecule has 1 aromatic heterocycles. The van der Waals surface area contributed by atoms with Gasteiger partial charge in [-0.15, -0.1) is 0 Å². The van der Waals surface area contributed by atoms with Crippen LogP contribution in [0.15, 0.2) is 47.5 Å². The van der Waals surface area contributed by atoms with Crippen molar-refractivity contribution < 1.29 is 8.42 Å². The van der Waals surface area contributed by atoms with Crippen molar-refractivity contribution in [1.82, 2.24) is 4.98 Å². The Morgan fingerprint density at radius 3 is 2.30 bits per heavy atom. The number of nitrogen functional groups attached to an aromatic ring is 1. The quantitative estimate of drug-likeness (QED) is 0.936. The molecule has 2 N–H and O–H groups in total. The molecule has 5 nitrogen and oxygen atoms in total. The molecule has 0 bridgehead atoms. The van der Waals surface area contributed by atoms with E-state index in [1.165, 1.54) is 22.6 Å². The lowest BCUT2D eigenvalue weighted by atomic mass is 10.2. The lowest BCUT2D eigenvalue weighted by Gasteiger charge is -2.22. The number of nitrogens with zero attached hydrogens (tertiary/aromatic N) is 2. The van der Waals surface area contributed by atoms with Crippen LogP contribution < -0.4 is 10.0 Å². The second-order valence-electron chi connectivity index (χ2n) is 4.42. The zero-order chi connectivity index (χ0) is 14.8. The topological polar surface area (TPSA) is 76.3 Å². The maximum absolute atomic E-state index is 12.6. The largest absolute Gasteiger partial charge is 0.384 e. The van der Waals surface area contributed by atoms with Crippen LogP contribution in [-0.2, 0) is 10.0 Å². The summed E-state index contributed by atoms with van der Waals surface area (Å²) in [7, 11) is -3.62. The number of anilines is 2. The predicted molar refractivity (Wildman–Crippen MR) is 80.0 cm³/mol. The maximum Gasteiger partial charge on any atom is 0.265 e. The van der Waals surface area contributed by atoms with Crippen molar-refractivity contribution in [3.63, 3.8) is 0 Å². The molecule has 106 valence electrons. The van der Waals surface area contributed by atoms with Gasteiger partial charge in [0.2, 0.25) is 0 Å². The molecule has 0 aliphatic heterocycles. The molecular weight excluding hydrogens is 274 g/mol. The number of pyridine rings is 1. The predicted octanol–water partition coefficient (Wildman–Crippen LogP) is 2.19. The Balaban J connectivity index is 2.44. The molecule has 0 aliphatic carbocycles. The van der Waals surface area contributed by atoms with E-state index in [9.17, 15) is 8.42 Å². The van der Waals surface area contributed by atoms with E-state index in [-0.39, 0.29) is 4.90 Å². The van der Waals surface area contributed by atoms with Crippen molar-refractivity contribution in [3.05, 3.63) is 48.2 Å². The summed E-state index contributed by atoms with van der Waals surface area (Å²) in [5.74, 6) is 0.294. The maximum atomic E-state index is 12.6. The first kappa shape index (κ1) is 14.3. The Morgan fingerprint density at radius 2 is 1.80 bits per heavy atom. The highest BCUT2D eigenvalue weighted by atomic mass is 32.2. The molecule has 0 spiro atoms. The van der Waals surface area contributed by atoms with Crippen molar-refractivity contribution in [1.29, 1.82) is 0 Å². The molecule has 6 heteroatoms. The number of hydrogen-bond acceptors (Lipinski definition) is 4. The highest BCUT2D eigenvalue weighted by molar-refractivity contribution is 7.92. The molecule has 2 aromatic rings. The third-order valence-corrected chi connectivity index (χ3v) is 4.84. The van der Waals surface area contributed by atoms with E-state index in [0.29, 0.717) is 18.1 Å². The van der Waals surface area contributed by atoms with Crippen molar-refractivity contribution in [2.24, 2.45) is 0 Å². The number of rotatable bonds is 4. The van der Waals surface area contributed by atoms with Gasteiger partial charge in [-0.2, -0.15) is 0 Å². The molecule has 0 saturated carbocycles. The lowest BCUT2D eigenvalue weighted by Crippen LogP contribution is -2.30. The van der Waals surface area contributed by atoms with Crippen LogP contribution in [0.4, 0.5) is 11.5 Å². The summed E-state index contributed by atoms with van der Waals surface area (Å²) in [5.41, 5.74) is 7.20. The number of sulfonamides is 1. The standard InChI is InChI=1S/C14H17N3O2S/c1-3-17(12-6-4-11(2)5-7-12)20(18,19)13-8-9-14(15)16-10-13/h4-10H,3H2,1-2H3,(H2,15,16). The molecule has 1 heterocycles. The van der Waals surface area contributed by atoms with E-state index >= 15 is 0 Å². The average Bonchev–Trinajstić information content (AvgIpc) is 2.42. The smallest absolute Gasteiger partial charge is 0.265 e. The number of hydrogen-bond donors (Lipinski definition) is 1. The van der Waals surface area contributed by atoms with Gasteiger partial charge in [0.05, 0.1) is 5.69 Å². The Hall–Kier alpha value is -2.08. The first-order chi connectivity index (χ1) is 9.45. The average molecular weight is 291 g/mol. The van der Waals surface area contributed by atoms with Crippen molar-refractivity contribution >= 4 is 21.5 Å². The van der Waals surface area contributed by atoms with Gasteiger partial charge in [-0.3, -0.25) is 4.31 Å². The van der Waals surface area contributed by atoms with Gasteiger partial charge in [-0.1, -0.05) is 17.7 Å². The van der Waals surface area contributed by atoms with Gasteiger partial charge >= 0.3 is 0 Å². The minimum absolute atomic E-state index is 0.133. The zero-order valence-corrected chi connectivity index (χ0v) is 12.3. The van der Waals surface area contributed by atoms with Gasteiger partial charge in [-0.25, -0.2) is 13.4 Å². The summed E-state index contributed by atoms with van der Waals surface area (Å²) in [6, 6.07) is 10.3. The van der Waals surface area contributed by atoms with Crippen molar-refractivity contribution in [3.8, 4) is 0 Å². The molecule has 0 radical (unpaired) electrons. The molecule has 0 fully saturated rings. The van der Waals surface area contributed by atoms with Crippen LogP contribution in [0.3, 0.4) is 0 Å². The fourth-order valence-electron chi connectivity index (χ4n) is 1.87. The zero-order valence-electron chi connectivity index (χ0n) is 11.4. The van der Waals surface area contributed by atoms with E-state index in [2.05, 4.69) is 4.98 Å². The second-order valence-corrected chi connectivity index (χ2v) is 6.29. The Labute approximate surface area is 119 Å². The van der Waals surface area contributed by atoms with Gasteiger partial charge in [0.15, 0.2) is 0 Å². The molecule has 0 atom stereocenters. The minimum atomic E-state index is -3.62. The van der Waals surface area contributed by atoms with Gasteiger partial charge in [0, 0.05) is 12.7 Å². The normalized spacial score (nSPS) is 11.3. The molecule has 0 saturated heterocycles. The molecule has 20 heavy (non-hydrogen) atoms. The SMILES string of the molecule is CCN(c1ccc(C)cc1)S(=O)(=O)c1ccc(N)nc1. The molecule has 1 aromatic carbocycles. The second kappa shape index (κ2) is 5.50. The van der Waals surface area contributed by atoms with Crippen LogP contribution in [0.5, 0.6) is 0 Å². The van der Waals surface area contributed by atoms with Gasteiger partial charge in [0.25, 0.3) is 10.0 Å². The molecule has 0 aliphatic rings. The summed E-state index contributed by atoms with van der Waals surface area (Å²) in [6.07, 6.45) is 1.28. The van der Waals surface area contributed by atoms with Crippen LogP contribution in [0.1, 0.15) is 12.5 Å². The third-order valence-electron chi connectivity index (χ3n) is 2.96. The number of aryl methyl sites for hydroxylation is 1. The van der Waals surface area contributed by atoms with E-state index in [1.807, 2.05) is 19.1 Å². The fraction of sp³-hybridized carbons (Fsp3) is 0.214. The first-order valence-electron chi connectivity index (χ1n) is 6.26. The van der Waals surface area contributed by atoms with Gasteiger partial charge < -0.3 is 5.73 Å². The molecule has 0 unspecified atom stereocenters. The summed E-state index contributed by atoms with van der Waals surface area (Å²) in [6.45, 7) is 4.09. The van der Waals surface area contributed by atoms with Crippen molar-refractivity contribution in [2.45, 2.75) is 18.7 Å². The van der Waals surface area contributed by atoms with E-state index < -0.39 is 10.0 Å². The Bertz CT molecular complexity index is 679. The summed E-state index contributed by atoms with van der Waals surface area (Å²) >= 11 is 0. The molecular formula is C14H17N3O2S. The first-order valence-corrected chi connectivity index (χ1v) is 7.70. The Kier molecular flexibility index (Phi) is 3.94. The summed E-state index contributed by atoms with van der Waals surface area (Å²) in [4.78, 5) is 3.98. The third kappa shape index (κ3) is 2.75. The van der Waals surface area contributed by atoms with Crippen LogP contribution >= 0.6 is 0 Å². The lowest BCUT2D eigenvalue weighted by molar-refractivity contribution is 0.591. The van der Waals surface area contributed by atoms with E-state index in [1.54, 1.807) is 19.1 Å². The van der Waals surface area contributed by atoms with Crippen LogP contribution in [0.25, 0.3) is 0 Å². The molecule has 2 rings (SSSR count). The van der Waals surface area contributed by atoms with E-state index in [4.69, 9.17) is 5.73 Å². The monoisotopic (exact) mass is 291 g/mol. The highest BCUT2D eigenvalue weighted by Crippen LogP contribution is 2.23. The Morgan fingerprint density at radius 1 is 1.15 bits per heavy atom. The number of benzene rings is 1. The van der Waals surface area contributed by atoms with Gasteiger partial charge in [0.1, 0.15) is 10.7 Å². The van der Waals surface area contributed by atoms with Gasteiger partial charge in [-0.05, 0) is 38.1 Å². The number of aromatic nitrogens is 1. The van der Waals surface area contributed by atoms with Crippen LogP contribution in [-0.4, -0.2) is 19.9 Å². The number of nitrogens with two attached hydrogens (primary N) is 1. The van der Waals surface area contributed by atoms with Crippen molar-refractivity contribution in [2.75, 3.05) is 16.6 Å². The summed E-state index contributed by atoms with van der Waals surface area (Å²) < 4.78 is 26.6. The minimum Gasteiger partial charge on any atom is -0.384 e. The summed E-state index contributed by atoms with van der Waals surface area (Å²) in [5, 5.41) is 0. The molecule has 0 amide bonds.